The molecule has 4 heteroatoms. The van der Waals surface area contributed by atoms with Gasteiger partial charge < -0.3 is 19.7 Å². The summed E-state index contributed by atoms with van der Waals surface area (Å²) in [6.45, 7) is 2.72. The maximum atomic E-state index is 5.40. The maximum absolute atomic E-state index is 5.40. The average Bonchev–Trinajstić information content (AvgIpc) is 2.74. The zero-order valence-corrected chi connectivity index (χ0v) is 10.8. The van der Waals surface area contributed by atoms with Gasteiger partial charge in [-0.2, -0.15) is 0 Å². The van der Waals surface area contributed by atoms with Crippen LogP contribution in [0.5, 0.6) is 11.5 Å². The van der Waals surface area contributed by atoms with E-state index < -0.39 is 0 Å². The van der Waals surface area contributed by atoms with Crippen molar-refractivity contribution in [3.8, 4) is 11.5 Å². The Morgan fingerprint density at radius 1 is 1.17 bits per heavy atom. The first kappa shape index (κ1) is 11.7. The molecule has 0 radical (unpaired) electrons. The Balaban J connectivity index is 1.65. The first-order valence-corrected chi connectivity index (χ1v) is 6.66. The highest BCUT2D eigenvalue weighted by molar-refractivity contribution is 5.56. The highest BCUT2D eigenvalue weighted by Gasteiger charge is 2.17. The number of likely N-dealkylation sites (tertiary alicyclic amines) is 1. The first-order chi connectivity index (χ1) is 8.81. The van der Waals surface area contributed by atoms with E-state index in [1.165, 1.54) is 32.4 Å². The van der Waals surface area contributed by atoms with Crippen LogP contribution in [-0.2, 0) is 0 Å². The molecule has 4 nitrogen and oxygen atoms in total. The summed E-state index contributed by atoms with van der Waals surface area (Å²) in [5, 5.41) is 3.61. The monoisotopic (exact) mass is 248 g/mol. The van der Waals surface area contributed by atoms with Crippen LogP contribution in [0.15, 0.2) is 18.2 Å². The Morgan fingerprint density at radius 2 is 2.06 bits per heavy atom. The number of nitrogens with one attached hydrogen (secondary N) is 1. The van der Waals surface area contributed by atoms with E-state index in [-0.39, 0.29) is 0 Å². The Hall–Kier alpha value is -1.42. The fraction of sp³-hybridized carbons (Fsp3) is 0.571. The van der Waals surface area contributed by atoms with Crippen LogP contribution in [-0.4, -0.2) is 37.9 Å². The SMILES string of the molecule is CN1CCCC(Nc2ccc3c(c2)OCO3)CC1. The van der Waals surface area contributed by atoms with Gasteiger partial charge in [0.2, 0.25) is 6.79 Å². The largest absolute Gasteiger partial charge is 0.454 e. The van der Waals surface area contributed by atoms with Crippen LogP contribution < -0.4 is 14.8 Å². The average molecular weight is 248 g/mol. The maximum Gasteiger partial charge on any atom is 0.231 e. The van der Waals surface area contributed by atoms with Gasteiger partial charge in [-0.25, -0.2) is 0 Å². The molecule has 0 bridgehead atoms. The van der Waals surface area contributed by atoms with Crippen LogP contribution in [0.1, 0.15) is 19.3 Å². The molecule has 0 aliphatic carbocycles. The number of anilines is 1. The molecule has 0 amide bonds. The van der Waals surface area contributed by atoms with Gasteiger partial charge in [0.1, 0.15) is 0 Å². The number of benzene rings is 1. The van der Waals surface area contributed by atoms with Crippen LogP contribution in [0.3, 0.4) is 0 Å². The molecule has 1 saturated heterocycles. The van der Waals surface area contributed by atoms with E-state index in [1.807, 2.05) is 12.1 Å². The van der Waals surface area contributed by atoms with Gasteiger partial charge >= 0.3 is 0 Å². The third-order valence-electron chi connectivity index (χ3n) is 3.70. The number of fused-ring (bicyclic) bond motifs is 1. The summed E-state index contributed by atoms with van der Waals surface area (Å²) in [4.78, 5) is 2.40. The van der Waals surface area contributed by atoms with Crippen molar-refractivity contribution in [1.29, 1.82) is 0 Å². The summed E-state index contributed by atoms with van der Waals surface area (Å²) >= 11 is 0. The highest BCUT2D eigenvalue weighted by atomic mass is 16.7. The van der Waals surface area contributed by atoms with Crippen molar-refractivity contribution in [2.45, 2.75) is 25.3 Å². The molecule has 98 valence electrons. The molecule has 1 fully saturated rings. The second-order valence-electron chi connectivity index (χ2n) is 5.14. The van der Waals surface area contributed by atoms with E-state index in [0.29, 0.717) is 12.8 Å². The summed E-state index contributed by atoms with van der Waals surface area (Å²) in [5.41, 5.74) is 1.13. The summed E-state index contributed by atoms with van der Waals surface area (Å²) in [5.74, 6) is 1.70. The first-order valence-electron chi connectivity index (χ1n) is 6.66. The Morgan fingerprint density at radius 3 is 3.00 bits per heavy atom. The number of ether oxygens (including phenoxy) is 2. The van der Waals surface area contributed by atoms with Crippen molar-refractivity contribution in [3.05, 3.63) is 18.2 Å². The van der Waals surface area contributed by atoms with Crippen molar-refractivity contribution in [2.24, 2.45) is 0 Å². The van der Waals surface area contributed by atoms with Crippen molar-refractivity contribution in [2.75, 3.05) is 32.2 Å². The third-order valence-corrected chi connectivity index (χ3v) is 3.70. The minimum absolute atomic E-state index is 0.340. The minimum atomic E-state index is 0.340. The number of nitrogens with zero attached hydrogens (tertiary/aromatic N) is 1. The van der Waals surface area contributed by atoms with Crippen molar-refractivity contribution in [3.63, 3.8) is 0 Å². The van der Waals surface area contributed by atoms with Gasteiger partial charge in [-0.15, -0.1) is 0 Å². The predicted molar refractivity (Wildman–Crippen MR) is 71.3 cm³/mol. The molecule has 2 aliphatic rings. The van der Waals surface area contributed by atoms with Crippen LogP contribution in [0.4, 0.5) is 5.69 Å². The summed E-state index contributed by atoms with van der Waals surface area (Å²) < 4.78 is 10.7. The molecule has 0 aromatic heterocycles. The lowest BCUT2D eigenvalue weighted by Gasteiger charge is -2.18. The molecule has 1 aromatic carbocycles. The lowest BCUT2D eigenvalue weighted by molar-refractivity contribution is 0.174. The van der Waals surface area contributed by atoms with Gasteiger partial charge in [-0.1, -0.05) is 0 Å². The van der Waals surface area contributed by atoms with Crippen LogP contribution in [0.2, 0.25) is 0 Å². The van der Waals surface area contributed by atoms with E-state index in [2.05, 4.69) is 23.3 Å². The summed E-state index contributed by atoms with van der Waals surface area (Å²) in [7, 11) is 2.20. The van der Waals surface area contributed by atoms with Gasteiger partial charge in [0.15, 0.2) is 11.5 Å². The van der Waals surface area contributed by atoms with Gasteiger partial charge in [0.05, 0.1) is 0 Å². The summed E-state index contributed by atoms with van der Waals surface area (Å²) in [6.07, 6.45) is 3.70. The normalized spacial score (nSPS) is 23.7. The van der Waals surface area contributed by atoms with Gasteiger partial charge in [0.25, 0.3) is 0 Å². The molecule has 1 aromatic rings. The van der Waals surface area contributed by atoms with E-state index in [1.54, 1.807) is 0 Å². The zero-order chi connectivity index (χ0) is 12.4. The molecule has 1 atom stereocenters. The van der Waals surface area contributed by atoms with Crippen LogP contribution in [0, 0.1) is 0 Å². The van der Waals surface area contributed by atoms with Crippen molar-refractivity contribution < 1.29 is 9.47 Å². The smallest absolute Gasteiger partial charge is 0.231 e. The molecular formula is C14H20N2O2. The number of hydrogen-bond acceptors (Lipinski definition) is 4. The van der Waals surface area contributed by atoms with E-state index >= 15 is 0 Å². The van der Waals surface area contributed by atoms with Crippen LogP contribution >= 0.6 is 0 Å². The molecule has 3 rings (SSSR count). The number of hydrogen-bond donors (Lipinski definition) is 1. The Bertz CT molecular complexity index is 422. The lowest BCUT2D eigenvalue weighted by atomic mass is 10.1. The van der Waals surface area contributed by atoms with Crippen molar-refractivity contribution >= 4 is 5.69 Å². The van der Waals surface area contributed by atoms with E-state index in [9.17, 15) is 0 Å². The molecule has 2 heterocycles. The second-order valence-corrected chi connectivity index (χ2v) is 5.14. The Labute approximate surface area is 108 Å². The van der Waals surface area contributed by atoms with Crippen LogP contribution in [0.25, 0.3) is 0 Å². The number of rotatable bonds is 2. The van der Waals surface area contributed by atoms with Gasteiger partial charge in [-0.3, -0.25) is 0 Å². The minimum Gasteiger partial charge on any atom is -0.454 e. The predicted octanol–water partition coefficient (Wildman–Crippen LogP) is 2.31. The molecule has 1 N–H and O–H groups in total. The van der Waals surface area contributed by atoms with E-state index in [4.69, 9.17) is 9.47 Å². The van der Waals surface area contributed by atoms with Gasteiger partial charge in [-0.05, 0) is 51.5 Å². The molecule has 0 spiro atoms. The quantitative estimate of drug-likeness (QED) is 0.871. The summed E-state index contributed by atoms with van der Waals surface area (Å²) in [6, 6.07) is 6.65. The van der Waals surface area contributed by atoms with Gasteiger partial charge in [0, 0.05) is 17.8 Å². The molecule has 0 saturated carbocycles. The highest BCUT2D eigenvalue weighted by Crippen LogP contribution is 2.34. The van der Waals surface area contributed by atoms with Crippen molar-refractivity contribution in [1.82, 2.24) is 4.90 Å². The third kappa shape index (κ3) is 2.53. The lowest BCUT2D eigenvalue weighted by Crippen LogP contribution is -2.22. The second kappa shape index (κ2) is 5.06. The molecule has 1 unspecified atom stereocenters. The molecule has 18 heavy (non-hydrogen) atoms. The Kier molecular flexibility index (Phi) is 3.28. The standard InChI is InChI=1S/C14H20N2O2/c1-16-7-2-3-11(6-8-16)15-12-4-5-13-14(9-12)18-10-17-13/h4-5,9,11,15H,2-3,6-8,10H2,1H3. The zero-order valence-electron chi connectivity index (χ0n) is 10.8. The molecular weight excluding hydrogens is 228 g/mol. The fourth-order valence-electron chi connectivity index (χ4n) is 2.61. The van der Waals surface area contributed by atoms with E-state index in [0.717, 1.165) is 17.2 Å². The molecule has 2 aliphatic heterocycles. The topological polar surface area (TPSA) is 33.7 Å². The fourth-order valence-corrected chi connectivity index (χ4v) is 2.61.